The summed E-state index contributed by atoms with van der Waals surface area (Å²) in [5.74, 6) is -1.02. The van der Waals surface area contributed by atoms with Crippen LogP contribution in [-0.4, -0.2) is 45.3 Å². The molecule has 0 radical (unpaired) electrons. The van der Waals surface area contributed by atoms with Crippen molar-refractivity contribution in [3.05, 3.63) is 105 Å². The Bertz CT molecular complexity index is 1420. The van der Waals surface area contributed by atoms with Crippen molar-refractivity contribution in [2.45, 2.75) is 57.5 Å². The molecule has 3 amide bonds. The van der Waals surface area contributed by atoms with E-state index in [9.17, 15) is 14.4 Å². The normalized spacial score (nSPS) is 17.5. The predicted octanol–water partition coefficient (Wildman–Crippen LogP) is 6.28. The van der Waals surface area contributed by atoms with Crippen LogP contribution in [-0.2, 0) is 22.6 Å². The summed E-state index contributed by atoms with van der Waals surface area (Å²) >= 11 is 13.9. The van der Waals surface area contributed by atoms with E-state index in [-0.39, 0.29) is 22.4 Å². The molecule has 3 atom stereocenters. The molecule has 1 heterocycles. The van der Waals surface area contributed by atoms with E-state index in [0.29, 0.717) is 23.9 Å². The lowest BCUT2D eigenvalue weighted by Gasteiger charge is -2.34. The third-order valence-electron chi connectivity index (χ3n) is 7.58. The molecule has 1 saturated heterocycles. The zero-order valence-corrected chi connectivity index (χ0v) is 25.9. The lowest BCUT2D eigenvalue weighted by atomic mass is 9.91. The third-order valence-corrected chi connectivity index (χ3v) is 9.50. The molecule has 1 unspecified atom stereocenters. The first-order valence-electron chi connectivity index (χ1n) is 13.5. The fourth-order valence-electron chi connectivity index (χ4n) is 5.07. The molecule has 1 aliphatic heterocycles. The topological polar surface area (TPSA) is 78.5 Å². The molecule has 216 valence electrons. The van der Waals surface area contributed by atoms with Crippen LogP contribution in [0.3, 0.4) is 0 Å². The van der Waals surface area contributed by atoms with E-state index in [2.05, 4.69) is 10.6 Å². The maximum Gasteiger partial charge on any atom is 0.253 e. The van der Waals surface area contributed by atoms with E-state index in [4.69, 9.17) is 23.2 Å². The summed E-state index contributed by atoms with van der Waals surface area (Å²) in [6.45, 7) is 8.17. The number of carbonyl (C=O) groups is 3. The van der Waals surface area contributed by atoms with E-state index in [1.807, 2.05) is 75.4 Å². The zero-order chi connectivity index (χ0) is 29.7. The number of hydrogen-bond acceptors (Lipinski definition) is 4. The minimum absolute atomic E-state index is 0.192. The number of nitrogens with one attached hydrogen (secondary N) is 2. The number of benzene rings is 3. The van der Waals surface area contributed by atoms with Crippen LogP contribution in [0.25, 0.3) is 0 Å². The van der Waals surface area contributed by atoms with Gasteiger partial charge in [0.05, 0.1) is 22.4 Å². The van der Waals surface area contributed by atoms with Gasteiger partial charge in [0.1, 0.15) is 6.04 Å². The number of nitrogens with zero attached hydrogens (tertiary/aromatic N) is 1. The summed E-state index contributed by atoms with van der Waals surface area (Å²) in [5.41, 5.74) is 3.38. The average Bonchev–Trinajstić information content (AvgIpc) is 3.26. The maximum absolute atomic E-state index is 14.1. The van der Waals surface area contributed by atoms with E-state index in [1.54, 1.807) is 35.7 Å². The quantitative estimate of drug-likeness (QED) is 0.299. The Morgan fingerprint density at radius 2 is 1.71 bits per heavy atom. The zero-order valence-electron chi connectivity index (χ0n) is 23.6. The van der Waals surface area contributed by atoms with Crippen molar-refractivity contribution >= 4 is 52.7 Å². The molecule has 3 aromatic carbocycles. The van der Waals surface area contributed by atoms with Gasteiger partial charge in [0.15, 0.2) is 0 Å². The van der Waals surface area contributed by atoms with Crippen molar-refractivity contribution < 1.29 is 14.4 Å². The molecule has 6 nitrogen and oxygen atoms in total. The number of carbonyl (C=O) groups excluding carboxylic acids is 3. The van der Waals surface area contributed by atoms with Gasteiger partial charge in [-0.3, -0.25) is 14.4 Å². The Morgan fingerprint density at radius 1 is 1.02 bits per heavy atom. The average molecular weight is 613 g/mol. The van der Waals surface area contributed by atoms with Crippen LogP contribution in [0.2, 0.25) is 10.0 Å². The molecular formula is C32H35Cl2N3O3S. The van der Waals surface area contributed by atoms with Crippen LogP contribution in [0.15, 0.2) is 72.8 Å². The SMILES string of the molecule is Cc1ccccc1CNC(=O)[C@H]1N(C(=O)[C@@H](C)C(Cc2ccccc2)NC(=O)c2ccc(Cl)cc2Cl)CSC1(C)C. The first-order valence-corrected chi connectivity index (χ1v) is 15.3. The molecule has 41 heavy (non-hydrogen) atoms. The molecule has 0 aliphatic carbocycles. The van der Waals surface area contributed by atoms with E-state index < -0.39 is 28.7 Å². The Hall–Kier alpha value is -3.00. The first kappa shape index (κ1) is 30.9. The van der Waals surface area contributed by atoms with E-state index in [1.165, 1.54) is 6.07 Å². The number of aryl methyl sites for hydroxylation is 1. The third kappa shape index (κ3) is 7.45. The van der Waals surface area contributed by atoms with Crippen molar-refractivity contribution in [1.29, 1.82) is 0 Å². The highest BCUT2D eigenvalue weighted by Crippen LogP contribution is 2.40. The number of thioether (sulfide) groups is 1. The van der Waals surface area contributed by atoms with Crippen molar-refractivity contribution in [3.8, 4) is 0 Å². The Balaban J connectivity index is 1.55. The van der Waals surface area contributed by atoms with Gasteiger partial charge < -0.3 is 15.5 Å². The van der Waals surface area contributed by atoms with Crippen LogP contribution in [0.1, 0.15) is 47.8 Å². The van der Waals surface area contributed by atoms with E-state index in [0.717, 1.165) is 16.7 Å². The first-order chi connectivity index (χ1) is 19.5. The molecular weight excluding hydrogens is 577 g/mol. The van der Waals surface area contributed by atoms with E-state index >= 15 is 0 Å². The van der Waals surface area contributed by atoms with Gasteiger partial charge in [0.25, 0.3) is 5.91 Å². The number of hydrogen-bond donors (Lipinski definition) is 2. The van der Waals surface area contributed by atoms with Gasteiger partial charge in [-0.2, -0.15) is 0 Å². The van der Waals surface area contributed by atoms with Crippen LogP contribution < -0.4 is 10.6 Å². The standard InChI is InChI=1S/C32H35Cl2N3O3S/c1-20-10-8-9-13-23(20)18-35-30(39)28-32(3,4)41-19-37(28)31(40)21(2)27(16-22-11-6-5-7-12-22)36-29(38)25-15-14-24(33)17-26(25)34/h5-15,17,21,27-28H,16,18-19H2,1-4H3,(H,35,39)(H,36,38)/t21-,27?,28+/m0/s1. The molecule has 2 N–H and O–H groups in total. The fraction of sp³-hybridized carbons (Fsp3) is 0.344. The lowest BCUT2D eigenvalue weighted by Crippen LogP contribution is -2.56. The summed E-state index contributed by atoms with van der Waals surface area (Å²) in [5, 5.41) is 6.76. The van der Waals surface area contributed by atoms with Gasteiger partial charge in [-0.1, -0.05) is 84.7 Å². The second-order valence-electron chi connectivity index (χ2n) is 10.9. The monoisotopic (exact) mass is 611 g/mol. The van der Waals surface area contributed by atoms with Crippen molar-refractivity contribution in [2.24, 2.45) is 5.92 Å². The number of amides is 3. The van der Waals surface area contributed by atoms with Crippen LogP contribution >= 0.6 is 35.0 Å². The summed E-state index contributed by atoms with van der Waals surface area (Å²) in [6, 6.07) is 21.1. The largest absolute Gasteiger partial charge is 0.350 e. The van der Waals surface area contributed by atoms with Crippen LogP contribution in [0.5, 0.6) is 0 Å². The predicted molar refractivity (Wildman–Crippen MR) is 167 cm³/mol. The Labute approximate surface area is 256 Å². The Kier molecular flexibility index (Phi) is 10.1. The molecule has 0 aromatic heterocycles. The molecule has 4 rings (SSSR count). The van der Waals surface area contributed by atoms with Gasteiger partial charge >= 0.3 is 0 Å². The summed E-state index contributed by atoms with van der Waals surface area (Å²) in [4.78, 5) is 42.6. The highest BCUT2D eigenvalue weighted by Gasteiger charge is 2.49. The molecule has 3 aromatic rings. The molecule has 1 fully saturated rings. The number of halogens is 2. The molecule has 0 saturated carbocycles. The van der Waals surface area contributed by atoms with Crippen molar-refractivity contribution in [2.75, 3.05) is 5.88 Å². The smallest absolute Gasteiger partial charge is 0.253 e. The minimum Gasteiger partial charge on any atom is -0.350 e. The lowest BCUT2D eigenvalue weighted by molar-refractivity contribution is -0.142. The molecule has 9 heteroatoms. The van der Waals surface area contributed by atoms with Gasteiger partial charge in [0, 0.05) is 22.4 Å². The summed E-state index contributed by atoms with van der Waals surface area (Å²) < 4.78 is -0.486. The highest BCUT2D eigenvalue weighted by atomic mass is 35.5. The number of rotatable bonds is 9. The minimum atomic E-state index is -0.662. The fourth-order valence-corrected chi connectivity index (χ4v) is 6.71. The van der Waals surface area contributed by atoms with Gasteiger partial charge in [0.2, 0.25) is 11.8 Å². The highest BCUT2D eigenvalue weighted by molar-refractivity contribution is 8.00. The Morgan fingerprint density at radius 3 is 2.39 bits per heavy atom. The maximum atomic E-state index is 14.1. The molecule has 0 bridgehead atoms. The summed E-state index contributed by atoms with van der Waals surface area (Å²) in [7, 11) is 0. The molecule has 0 spiro atoms. The molecule has 1 aliphatic rings. The van der Waals surface area contributed by atoms with Crippen LogP contribution in [0, 0.1) is 12.8 Å². The van der Waals surface area contributed by atoms with Gasteiger partial charge in [-0.05, 0) is 62.1 Å². The second kappa shape index (κ2) is 13.3. The van der Waals surface area contributed by atoms with Crippen molar-refractivity contribution in [1.82, 2.24) is 15.5 Å². The summed E-state index contributed by atoms with van der Waals surface area (Å²) in [6.07, 6.45) is 0.430. The van der Waals surface area contributed by atoms with Gasteiger partial charge in [-0.25, -0.2) is 0 Å². The van der Waals surface area contributed by atoms with Gasteiger partial charge in [-0.15, -0.1) is 11.8 Å². The van der Waals surface area contributed by atoms with Crippen LogP contribution in [0.4, 0.5) is 0 Å². The van der Waals surface area contributed by atoms with Crippen molar-refractivity contribution in [3.63, 3.8) is 0 Å². The second-order valence-corrected chi connectivity index (χ2v) is 13.4.